The molecule has 0 atom stereocenters. The molecule has 0 saturated heterocycles. The maximum absolute atomic E-state index is 5.33. The Morgan fingerprint density at radius 1 is 1.10 bits per heavy atom. The molecule has 0 N–H and O–H groups in total. The zero-order valence-corrected chi connectivity index (χ0v) is 12.6. The smallest absolute Gasteiger partial charge is 0.161 e. The molecular formula is C14H12BrN3O2. The Hall–Kier alpha value is -2.08. The van der Waals surface area contributed by atoms with Crippen LogP contribution in [0, 0.1) is 0 Å². The van der Waals surface area contributed by atoms with Crippen LogP contribution in [0.3, 0.4) is 0 Å². The summed E-state index contributed by atoms with van der Waals surface area (Å²) in [5, 5.41) is 0. The van der Waals surface area contributed by atoms with Crippen molar-refractivity contribution in [3.63, 3.8) is 0 Å². The summed E-state index contributed by atoms with van der Waals surface area (Å²) in [6.45, 7) is 0. The molecule has 0 bridgehead atoms. The van der Waals surface area contributed by atoms with Crippen LogP contribution < -0.4 is 9.47 Å². The van der Waals surface area contributed by atoms with E-state index in [2.05, 4.69) is 25.9 Å². The number of halogens is 1. The molecular weight excluding hydrogens is 322 g/mol. The summed E-state index contributed by atoms with van der Waals surface area (Å²) in [6, 6.07) is 7.60. The normalized spacial score (nSPS) is 10.8. The molecule has 0 aliphatic carbocycles. The Labute approximate surface area is 124 Å². The van der Waals surface area contributed by atoms with Gasteiger partial charge in [-0.15, -0.1) is 0 Å². The number of fused-ring (bicyclic) bond motifs is 1. The van der Waals surface area contributed by atoms with Crippen LogP contribution in [0.15, 0.2) is 41.4 Å². The third-order valence-electron chi connectivity index (χ3n) is 3.05. The molecule has 0 unspecified atom stereocenters. The molecule has 0 aliphatic heterocycles. The number of imidazole rings is 1. The number of nitrogens with zero attached hydrogens (tertiary/aromatic N) is 3. The van der Waals surface area contributed by atoms with Gasteiger partial charge in [-0.25, -0.2) is 9.97 Å². The SMILES string of the molecule is COc1ccc(-c2nc(Br)c3ccncn23)cc1OC. The molecule has 1 aromatic carbocycles. The van der Waals surface area contributed by atoms with E-state index >= 15 is 0 Å². The van der Waals surface area contributed by atoms with Crippen molar-refractivity contribution in [3.8, 4) is 22.9 Å². The minimum absolute atomic E-state index is 0.668. The van der Waals surface area contributed by atoms with Gasteiger partial charge in [0.05, 0.1) is 19.7 Å². The average Bonchev–Trinajstić information content (AvgIpc) is 2.84. The van der Waals surface area contributed by atoms with Crippen molar-refractivity contribution in [1.82, 2.24) is 14.4 Å². The third-order valence-corrected chi connectivity index (χ3v) is 3.63. The summed E-state index contributed by atoms with van der Waals surface area (Å²) < 4.78 is 13.3. The highest BCUT2D eigenvalue weighted by molar-refractivity contribution is 9.10. The molecule has 3 rings (SSSR count). The lowest BCUT2D eigenvalue weighted by atomic mass is 10.2. The van der Waals surface area contributed by atoms with Gasteiger partial charge < -0.3 is 9.47 Å². The van der Waals surface area contributed by atoms with E-state index in [0.717, 1.165) is 21.5 Å². The summed E-state index contributed by atoms with van der Waals surface area (Å²) in [7, 11) is 3.23. The molecule has 6 heteroatoms. The molecule has 0 fully saturated rings. The molecule has 0 amide bonds. The number of benzene rings is 1. The maximum Gasteiger partial charge on any atom is 0.161 e. The number of ether oxygens (including phenoxy) is 2. The summed E-state index contributed by atoms with van der Waals surface area (Å²) >= 11 is 3.46. The first-order valence-corrected chi connectivity index (χ1v) is 6.74. The van der Waals surface area contributed by atoms with Crippen LogP contribution >= 0.6 is 15.9 Å². The highest BCUT2D eigenvalue weighted by Crippen LogP contribution is 2.33. The monoisotopic (exact) mass is 333 g/mol. The Morgan fingerprint density at radius 3 is 2.65 bits per heavy atom. The van der Waals surface area contributed by atoms with E-state index in [4.69, 9.17) is 9.47 Å². The van der Waals surface area contributed by atoms with Crippen LogP contribution in [0.5, 0.6) is 11.5 Å². The molecule has 0 radical (unpaired) electrons. The van der Waals surface area contributed by atoms with E-state index in [0.29, 0.717) is 11.5 Å². The van der Waals surface area contributed by atoms with Crippen molar-refractivity contribution >= 4 is 21.4 Å². The van der Waals surface area contributed by atoms with Crippen LogP contribution in [-0.2, 0) is 0 Å². The summed E-state index contributed by atoms with van der Waals surface area (Å²) in [6.07, 6.45) is 3.47. The highest BCUT2D eigenvalue weighted by Gasteiger charge is 2.13. The molecule has 0 saturated carbocycles. The molecule has 5 nitrogen and oxygen atoms in total. The molecule has 2 heterocycles. The fraction of sp³-hybridized carbons (Fsp3) is 0.143. The Morgan fingerprint density at radius 2 is 1.90 bits per heavy atom. The zero-order chi connectivity index (χ0) is 14.1. The minimum atomic E-state index is 0.668. The number of methoxy groups -OCH3 is 2. The van der Waals surface area contributed by atoms with E-state index in [1.165, 1.54) is 0 Å². The van der Waals surface area contributed by atoms with Gasteiger partial charge in [0.2, 0.25) is 0 Å². The van der Waals surface area contributed by atoms with Gasteiger partial charge in [-0.05, 0) is 40.2 Å². The van der Waals surface area contributed by atoms with Crippen LogP contribution in [-0.4, -0.2) is 28.6 Å². The van der Waals surface area contributed by atoms with Crippen LogP contribution in [0.2, 0.25) is 0 Å². The van der Waals surface area contributed by atoms with Gasteiger partial charge in [-0.3, -0.25) is 4.40 Å². The average molecular weight is 334 g/mol. The Bertz CT molecular complexity index is 770. The van der Waals surface area contributed by atoms with Gasteiger partial charge >= 0.3 is 0 Å². The maximum atomic E-state index is 5.33. The fourth-order valence-corrected chi connectivity index (χ4v) is 2.57. The van der Waals surface area contributed by atoms with Crippen LogP contribution in [0.25, 0.3) is 16.9 Å². The summed E-state index contributed by atoms with van der Waals surface area (Å²) in [5.74, 6) is 2.15. The standard InChI is InChI=1S/C14H12BrN3O2/c1-19-11-4-3-9(7-12(11)20-2)14-17-13(15)10-5-6-16-8-18(10)14/h3-8H,1-2H3. The van der Waals surface area contributed by atoms with Crippen molar-refractivity contribution in [2.24, 2.45) is 0 Å². The highest BCUT2D eigenvalue weighted by atomic mass is 79.9. The van der Waals surface area contributed by atoms with Gasteiger partial charge in [0.25, 0.3) is 0 Å². The number of hydrogen-bond donors (Lipinski definition) is 0. The fourth-order valence-electron chi connectivity index (χ4n) is 2.08. The Balaban J connectivity index is 2.21. The van der Waals surface area contributed by atoms with E-state index in [1.54, 1.807) is 26.7 Å². The van der Waals surface area contributed by atoms with Gasteiger partial charge in [0.1, 0.15) is 16.8 Å². The van der Waals surface area contributed by atoms with Crippen molar-refractivity contribution in [2.45, 2.75) is 0 Å². The van der Waals surface area contributed by atoms with Crippen LogP contribution in [0.1, 0.15) is 0 Å². The molecule has 102 valence electrons. The van der Waals surface area contributed by atoms with Gasteiger partial charge in [-0.2, -0.15) is 0 Å². The lowest BCUT2D eigenvalue weighted by molar-refractivity contribution is 0.355. The molecule has 3 aromatic rings. The lowest BCUT2D eigenvalue weighted by Crippen LogP contribution is -1.93. The number of hydrogen-bond acceptors (Lipinski definition) is 4. The second kappa shape index (κ2) is 5.13. The summed E-state index contributed by atoms with van der Waals surface area (Å²) in [4.78, 5) is 8.67. The Kier molecular flexibility index (Phi) is 3.31. The van der Waals surface area contributed by atoms with E-state index in [9.17, 15) is 0 Å². The quantitative estimate of drug-likeness (QED) is 0.738. The van der Waals surface area contributed by atoms with E-state index in [-0.39, 0.29) is 0 Å². The van der Waals surface area contributed by atoms with Gasteiger partial charge in [0.15, 0.2) is 11.5 Å². The van der Waals surface area contributed by atoms with E-state index in [1.807, 2.05) is 28.7 Å². The minimum Gasteiger partial charge on any atom is -0.493 e. The molecule has 0 aliphatic rings. The third kappa shape index (κ3) is 2.02. The van der Waals surface area contributed by atoms with Gasteiger partial charge in [0, 0.05) is 11.8 Å². The van der Waals surface area contributed by atoms with Crippen molar-refractivity contribution < 1.29 is 9.47 Å². The number of rotatable bonds is 3. The predicted octanol–water partition coefficient (Wildman–Crippen LogP) is 3.18. The molecule has 0 spiro atoms. The van der Waals surface area contributed by atoms with Crippen molar-refractivity contribution in [2.75, 3.05) is 14.2 Å². The zero-order valence-electron chi connectivity index (χ0n) is 11.0. The number of aromatic nitrogens is 3. The second-order valence-corrected chi connectivity index (χ2v) is 4.88. The lowest BCUT2D eigenvalue weighted by Gasteiger charge is -2.09. The predicted molar refractivity (Wildman–Crippen MR) is 79.2 cm³/mol. The molecule has 20 heavy (non-hydrogen) atoms. The first-order valence-electron chi connectivity index (χ1n) is 5.94. The van der Waals surface area contributed by atoms with E-state index < -0.39 is 0 Å². The largest absolute Gasteiger partial charge is 0.493 e. The van der Waals surface area contributed by atoms with Crippen molar-refractivity contribution in [3.05, 3.63) is 41.4 Å². The van der Waals surface area contributed by atoms with Crippen molar-refractivity contribution in [1.29, 1.82) is 0 Å². The summed E-state index contributed by atoms with van der Waals surface area (Å²) in [5.41, 5.74) is 1.89. The first kappa shape index (κ1) is 12.9. The topological polar surface area (TPSA) is 48.7 Å². The first-order chi connectivity index (χ1) is 9.74. The van der Waals surface area contributed by atoms with Gasteiger partial charge in [-0.1, -0.05) is 0 Å². The molecule has 2 aromatic heterocycles. The second-order valence-electron chi connectivity index (χ2n) is 4.13. The van der Waals surface area contributed by atoms with Crippen LogP contribution in [0.4, 0.5) is 0 Å².